The van der Waals surface area contributed by atoms with E-state index in [1.54, 1.807) is 0 Å². The van der Waals surface area contributed by atoms with E-state index in [9.17, 15) is 4.79 Å². The van der Waals surface area contributed by atoms with Gasteiger partial charge in [0.05, 0.1) is 6.54 Å². The van der Waals surface area contributed by atoms with Crippen molar-refractivity contribution in [2.45, 2.75) is 40.5 Å². The highest BCUT2D eigenvalue weighted by atomic mass is 16.2. The van der Waals surface area contributed by atoms with Gasteiger partial charge in [0.15, 0.2) is 0 Å². The minimum absolute atomic E-state index is 0.123. The first-order chi connectivity index (χ1) is 7.41. The van der Waals surface area contributed by atoms with Crippen molar-refractivity contribution in [3.05, 3.63) is 11.1 Å². The van der Waals surface area contributed by atoms with Gasteiger partial charge in [-0.2, -0.15) is 0 Å². The molecule has 0 aromatic heterocycles. The van der Waals surface area contributed by atoms with Crippen LogP contribution in [-0.2, 0) is 4.79 Å². The van der Waals surface area contributed by atoms with Gasteiger partial charge in [-0.25, -0.2) is 0 Å². The third-order valence-electron chi connectivity index (χ3n) is 2.71. The van der Waals surface area contributed by atoms with Crippen LogP contribution in [0.2, 0.25) is 0 Å². The Morgan fingerprint density at radius 1 is 1.50 bits per heavy atom. The second kappa shape index (κ2) is 5.28. The lowest BCUT2D eigenvalue weighted by Crippen LogP contribution is -2.35. The number of amides is 1. The number of nitrogens with one attached hydrogen (secondary N) is 1. The summed E-state index contributed by atoms with van der Waals surface area (Å²) in [6, 6.07) is 0. The van der Waals surface area contributed by atoms with Gasteiger partial charge in [0.2, 0.25) is 5.91 Å². The summed E-state index contributed by atoms with van der Waals surface area (Å²) in [5, 5.41) is 2.96. The molecule has 0 spiro atoms. The molecule has 0 saturated carbocycles. The van der Waals surface area contributed by atoms with E-state index in [0.29, 0.717) is 0 Å². The fraction of sp³-hybridized carbons (Fsp3) is 0.692. The lowest BCUT2D eigenvalue weighted by Gasteiger charge is -2.17. The molecule has 0 bridgehead atoms. The molecule has 0 aromatic rings. The normalized spacial score (nSPS) is 15.8. The molecular formula is C13H22N2O. The monoisotopic (exact) mass is 222 g/mol. The largest absolute Gasteiger partial charge is 0.356 e. The van der Waals surface area contributed by atoms with Crippen LogP contribution in [0.1, 0.15) is 40.5 Å². The molecule has 16 heavy (non-hydrogen) atoms. The molecule has 1 aliphatic rings. The molecule has 1 rings (SSSR count). The summed E-state index contributed by atoms with van der Waals surface area (Å²) in [5.41, 5.74) is 2.41. The summed E-state index contributed by atoms with van der Waals surface area (Å²) >= 11 is 0. The maximum atomic E-state index is 11.6. The van der Waals surface area contributed by atoms with E-state index in [0.717, 1.165) is 25.9 Å². The number of nitrogens with zero attached hydrogens (tertiary/aromatic N) is 1. The van der Waals surface area contributed by atoms with Gasteiger partial charge in [0.1, 0.15) is 0 Å². The molecule has 1 amide bonds. The Morgan fingerprint density at radius 3 is 2.69 bits per heavy atom. The summed E-state index contributed by atoms with van der Waals surface area (Å²) in [7, 11) is 0. The minimum Gasteiger partial charge on any atom is -0.356 e. The number of carbonyl (C=O) groups excluding carboxylic acids is 1. The lowest BCUT2D eigenvalue weighted by molar-refractivity contribution is -0.128. The second-order valence-electron chi connectivity index (χ2n) is 5.38. The van der Waals surface area contributed by atoms with E-state index in [-0.39, 0.29) is 11.3 Å². The quantitative estimate of drug-likeness (QED) is 0.729. The molecule has 0 saturated heterocycles. The van der Waals surface area contributed by atoms with Crippen molar-refractivity contribution in [1.29, 1.82) is 0 Å². The Labute approximate surface area is 98.0 Å². The van der Waals surface area contributed by atoms with Crippen LogP contribution in [0.4, 0.5) is 0 Å². The standard InChI is InChI=1S/C13H22N2O/c1-10-8-14-9-11(10)6-5-7-15-12(16)13(2,3)4/h9H,5-8H2,1-4H3,(H,15,16). The predicted octanol–water partition coefficient (Wildman–Crippen LogP) is 2.33. The maximum Gasteiger partial charge on any atom is 0.225 e. The van der Waals surface area contributed by atoms with Crippen LogP contribution in [0.5, 0.6) is 0 Å². The van der Waals surface area contributed by atoms with Crippen molar-refractivity contribution in [3.63, 3.8) is 0 Å². The Balaban J connectivity index is 2.20. The minimum atomic E-state index is -0.288. The number of aliphatic imine (C=N–C) groups is 1. The Hall–Kier alpha value is -1.12. The number of allylic oxidation sites excluding steroid dienone is 1. The molecule has 1 heterocycles. The van der Waals surface area contributed by atoms with Crippen molar-refractivity contribution in [2.75, 3.05) is 13.1 Å². The third-order valence-corrected chi connectivity index (χ3v) is 2.71. The highest BCUT2D eigenvalue weighted by Gasteiger charge is 2.20. The van der Waals surface area contributed by atoms with E-state index in [1.807, 2.05) is 27.0 Å². The molecule has 0 fully saturated rings. The second-order valence-corrected chi connectivity index (χ2v) is 5.38. The smallest absolute Gasteiger partial charge is 0.225 e. The molecule has 0 unspecified atom stereocenters. The molecule has 3 nitrogen and oxygen atoms in total. The molecule has 90 valence electrons. The number of rotatable bonds is 4. The van der Waals surface area contributed by atoms with Gasteiger partial charge in [-0.3, -0.25) is 9.79 Å². The fourth-order valence-corrected chi connectivity index (χ4v) is 1.53. The highest BCUT2D eigenvalue weighted by Crippen LogP contribution is 2.15. The zero-order valence-corrected chi connectivity index (χ0v) is 10.8. The van der Waals surface area contributed by atoms with E-state index in [2.05, 4.69) is 17.2 Å². The van der Waals surface area contributed by atoms with Crippen molar-refractivity contribution >= 4 is 12.1 Å². The van der Waals surface area contributed by atoms with E-state index in [4.69, 9.17) is 0 Å². The predicted molar refractivity (Wildman–Crippen MR) is 67.8 cm³/mol. The van der Waals surface area contributed by atoms with Gasteiger partial charge < -0.3 is 5.32 Å². The van der Waals surface area contributed by atoms with Gasteiger partial charge in [-0.1, -0.05) is 20.8 Å². The Morgan fingerprint density at radius 2 is 2.19 bits per heavy atom. The third kappa shape index (κ3) is 3.80. The van der Waals surface area contributed by atoms with Gasteiger partial charge in [-0.05, 0) is 30.9 Å². The summed E-state index contributed by atoms with van der Waals surface area (Å²) in [6.07, 6.45) is 3.96. The van der Waals surface area contributed by atoms with Crippen LogP contribution >= 0.6 is 0 Å². The maximum absolute atomic E-state index is 11.6. The van der Waals surface area contributed by atoms with Crippen molar-refractivity contribution in [1.82, 2.24) is 5.32 Å². The summed E-state index contributed by atoms with van der Waals surface area (Å²) in [4.78, 5) is 15.8. The van der Waals surface area contributed by atoms with E-state index < -0.39 is 0 Å². The molecule has 0 atom stereocenters. The topological polar surface area (TPSA) is 41.5 Å². The molecule has 3 heteroatoms. The van der Waals surface area contributed by atoms with Crippen molar-refractivity contribution in [2.24, 2.45) is 10.4 Å². The van der Waals surface area contributed by atoms with Crippen LogP contribution in [0.25, 0.3) is 0 Å². The van der Waals surface area contributed by atoms with Gasteiger partial charge in [0, 0.05) is 18.2 Å². The SMILES string of the molecule is CC1=C(CCCNC(=O)C(C)(C)C)C=NC1. The summed E-state index contributed by atoms with van der Waals surface area (Å²) in [5.74, 6) is 0.123. The summed E-state index contributed by atoms with van der Waals surface area (Å²) < 4.78 is 0. The Bertz CT molecular complexity index is 321. The first-order valence-electron chi connectivity index (χ1n) is 5.88. The molecular weight excluding hydrogens is 200 g/mol. The molecule has 0 aliphatic carbocycles. The first kappa shape index (κ1) is 12.9. The molecule has 0 aromatic carbocycles. The van der Waals surface area contributed by atoms with Crippen LogP contribution in [-0.4, -0.2) is 25.2 Å². The highest BCUT2D eigenvalue weighted by molar-refractivity contribution is 5.82. The number of hydrogen-bond acceptors (Lipinski definition) is 2. The fourth-order valence-electron chi connectivity index (χ4n) is 1.53. The Kier molecular flexibility index (Phi) is 4.27. The van der Waals surface area contributed by atoms with Gasteiger partial charge in [0.25, 0.3) is 0 Å². The zero-order valence-electron chi connectivity index (χ0n) is 10.8. The first-order valence-corrected chi connectivity index (χ1v) is 5.88. The summed E-state index contributed by atoms with van der Waals surface area (Å²) in [6.45, 7) is 9.51. The molecule has 0 radical (unpaired) electrons. The average molecular weight is 222 g/mol. The van der Waals surface area contributed by atoms with Crippen LogP contribution < -0.4 is 5.32 Å². The van der Waals surface area contributed by atoms with Crippen molar-refractivity contribution < 1.29 is 4.79 Å². The van der Waals surface area contributed by atoms with Gasteiger partial charge >= 0.3 is 0 Å². The number of hydrogen-bond donors (Lipinski definition) is 1. The average Bonchev–Trinajstić information content (AvgIpc) is 2.57. The molecule has 1 N–H and O–H groups in total. The zero-order chi connectivity index (χ0) is 12.2. The lowest BCUT2D eigenvalue weighted by atomic mass is 9.95. The van der Waals surface area contributed by atoms with E-state index >= 15 is 0 Å². The van der Waals surface area contributed by atoms with Gasteiger partial charge in [-0.15, -0.1) is 0 Å². The van der Waals surface area contributed by atoms with Crippen LogP contribution in [0, 0.1) is 5.41 Å². The number of carbonyl (C=O) groups is 1. The van der Waals surface area contributed by atoms with Crippen LogP contribution in [0.3, 0.4) is 0 Å². The van der Waals surface area contributed by atoms with Crippen molar-refractivity contribution in [3.8, 4) is 0 Å². The van der Waals surface area contributed by atoms with E-state index in [1.165, 1.54) is 11.1 Å². The van der Waals surface area contributed by atoms with Crippen LogP contribution in [0.15, 0.2) is 16.1 Å². The molecule has 1 aliphatic heterocycles.